The van der Waals surface area contributed by atoms with E-state index in [0.29, 0.717) is 16.3 Å². The van der Waals surface area contributed by atoms with E-state index in [1.165, 1.54) is 18.2 Å². The van der Waals surface area contributed by atoms with Crippen molar-refractivity contribution in [3.63, 3.8) is 0 Å². The number of fused-ring (bicyclic) bond motifs is 1. The molecular weight excluding hydrogens is 236 g/mol. The maximum Gasteiger partial charge on any atom is 0.339 e. The Labute approximate surface area is 102 Å². The van der Waals surface area contributed by atoms with Crippen molar-refractivity contribution < 1.29 is 24.9 Å². The smallest absolute Gasteiger partial charge is 0.339 e. The average molecular weight is 246 g/mol. The van der Waals surface area contributed by atoms with Gasteiger partial charge < -0.3 is 15.3 Å². The Bertz CT molecular complexity index is 613. The molecule has 0 saturated heterocycles. The van der Waals surface area contributed by atoms with Gasteiger partial charge in [-0.25, -0.2) is 9.59 Å². The molecule has 3 N–H and O–H groups in total. The monoisotopic (exact) mass is 246 g/mol. The second-order valence-corrected chi connectivity index (χ2v) is 3.99. The summed E-state index contributed by atoms with van der Waals surface area (Å²) in [6.07, 6.45) is 0. The number of carboxylic acids is 2. The first-order valence-electron chi connectivity index (χ1n) is 5.14. The number of hydrogen-bond donors (Lipinski definition) is 3. The molecule has 0 aliphatic rings. The second kappa shape index (κ2) is 4.03. The molecular formula is C13H10O5. The Morgan fingerprint density at radius 2 is 1.39 bits per heavy atom. The molecule has 2 rings (SSSR count). The van der Waals surface area contributed by atoms with E-state index >= 15 is 0 Å². The molecule has 0 unspecified atom stereocenters. The van der Waals surface area contributed by atoms with E-state index < -0.39 is 11.9 Å². The van der Waals surface area contributed by atoms with Gasteiger partial charge in [-0.3, -0.25) is 0 Å². The third-order valence-electron chi connectivity index (χ3n) is 2.76. The van der Waals surface area contributed by atoms with Crippen LogP contribution in [-0.2, 0) is 0 Å². The quantitative estimate of drug-likeness (QED) is 0.755. The molecule has 5 nitrogen and oxygen atoms in total. The number of benzene rings is 2. The molecule has 0 heterocycles. The van der Waals surface area contributed by atoms with Crippen LogP contribution in [0.1, 0.15) is 26.3 Å². The van der Waals surface area contributed by atoms with Gasteiger partial charge in [0.05, 0.1) is 5.56 Å². The van der Waals surface area contributed by atoms with Gasteiger partial charge in [0.1, 0.15) is 11.3 Å². The lowest BCUT2D eigenvalue weighted by Crippen LogP contribution is -2.01. The lowest BCUT2D eigenvalue weighted by Gasteiger charge is -2.07. The Kier molecular flexibility index (Phi) is 2.67. The molecule has 92 valence electrons. The third-order valence-corrected chi connectivity index (χ3v) is 2.76. The van der Waals surface area contributed by atoms with Crippen LogP contribution in [0.25, 0.3) is 10.8 Å². The fraction of sp³-hybridized carbons (Fsp3) is 0.0769. The molecule has 0 atom stereocenters. The van der Waals surface area contributed by atoms with Crippen molar-refractivity contribution in [2.45, 2.75) is 6.92 Å². The summed E-state index contributed by atoms with van der Waals surface area (Å²) in [4.78, 5) is 21.8. The Morgan fingerprint density at radius 1 is 0.889 bits per heavy atom. The van der Waals surface area contributed by atoms with Gasteiger partial charge in [-0.15, -0.1) is 0 Å². The molecule has 0 fully saturated rings. The van der Waals surface area contributed by atoms with Gasteiger partial charge >= 0.3 is 11.9 Å². The number of rotatable bonds is 2. The lowest BCUT2D eigenvalue weighted by atomic mass is 9.99. The Hall–Kier alpha value is -2.56. The van der Waals surface area contributed by atoms with Crippen LogP contribution in [0, 0.1) is 6.92 Å². The minimum absolute atomic E-state index is 0.130. The van der Waals surface area contributed by atoms with Crippen molar-refractivity contribution in [1.29, 1.82) is 0 Å². The van der Waals surface area contributed by atoms with Crippen LogP contribution >= 0.6 is 0 Å². The van der Waals surface area contributed by atoms with E-state index in [-0.39, 0.29) is 16.9 Å². The number of hydrogen-bond acceptors (Lipinski definition) is 3. The summed E-state index contributed by atoms with van der Waals surface area (Å²) in [6.45, 7) is 1.64. The summed E-state index contributed by atoms with van der Waals surface area (Å²) >= 11 is 0. The van der Waals surface area contributed by atoms with Crippen molar-refractivity contribution in [2.24, 2.45) is 0 Å². The fourth-order valence-corrected chi connectivity index (χ4v) is 1.85. The van der Waals surface area contributed by atoms with E-state index in [4.69, 9.17) is 10.2 Å². The van der Waals surface area contributed by atoms with E-state index in [1.807, 2.05) is 0 Å². The van der Waals surface area contributed by atoms with Gasteiger partial charge in [-0.05, 0) is 41.5 Å². The second-order valence-electron chi connectivity index (χ2n) is 3.99. The van der Waals surface area contributed by atoms with Gasteiger partial charge in [0.25, 0.3) is 0 Å². The van der Waals surface area contributed by atoms with Gasteiger partial charge in [0, 0.05) is 0 Å². The number of phenols is 1. The summed E-state index contributed by atoms with van der Waals surface area (Å²) in [7, 11) is 0. The van der Waals surface area contributed by atoms with Crippen molar-refractivity contribution in [1.82, 2.24) is 0 Å². The van der Waals surface area contributed by atoms with Crippen LogP contribution in [0.5, 0.6) is 5.75 Å². The molecule has 0 aromatic heterocycles. The molecule has 5 heteroatoms. The first-order chi connectivity index (χ1) is 8.40. The van der Waals surface area contributed by atoms with Crippen LogP contribution in [0.4, 0.5) is 0 Å². The fourth-order valence-electron chi connectivity index (χ4n) is 1.85. The first kappa shape index (κ1) is 11.9. The summed E-state index contributed by atoms with van der Waals surface area (Å²) in [5.41, 5.74) is 0.465. The van der Waals surface area contributed by atoms with E-state index in [2.05, 4.69) is 0 Å². The summed E-state index contributed by atoms with van der Waals surface area (Å²) in [6, 6.07) is 5.58. The summed E-state index contributed by atoms with van der Waals surface area (Å²) in [5, 5.41) is 28.5. The van der Waals surface area contributed by atoms with E-state index in [1.54, 1.807) is 13.0 Å². The van der Waals surface area contributed by atoms with Crippen molar-refractivity contribution in [3.05, 3.63) is 41.0 Å². The molecule has 0 radical (unpaired) electrons. The van der Waals surface area contributed by atoms with Gasteiger partial charge in [-0.2, -0.15) is 0 Å². The van der Waals surface area contributed by atoms with Crippen LogP contribution in [-0.4, -0.2) is 27.3 Å². The molecule has 18 heavy (non-hydrogen) atoms. The van der Waals surface area contributed by atoms with Gasteiger partial charge in [-0.1, -0.05) is 6.07 Å². The van der Waals surface area contributed by atoms with Crippen LogP contribution in [0.2, 0.25) is 0 Å². The van der Waals surface area contributed by atoms with Crippen LogP contribution < -0.4 is 0 Å². The van der Waals surface area contributed by atoms with Gasteiger partial charge in [0.15, 0.2) is 0 Å². The highest BCUT2D eigenvalue weighted by Gasteiger charge is 2.13. The largest absolute Gasteiger partial charge is 0.507 e. The van der Waals surface area contributed by atoms with Crippen LogP contribution in [0.3, 0.4) is 0 Å². The minimum Gasteiger partial charge on any atom is -0.507 e. The van der Waals surface area contributed by atoms with Crippen molar-refractivity contribution >= 4 is 22.7 Å². The minimum atomic E-state index is -1.23. The maximum absolute atomic E-state index is 11.0. The molecule has 0 bridgehead atoms. The third kappa shape index (κ3) is 1.86. The molecule has 0 saturated carbocycles. The van der Waals surface area contributed by atoms with Crippen molar-refractivity contribution in [3.8, 4) is 5.75 Å². The highest BCUT2D eigenvalue weighted by molar-refractivity contribution is 6.01. The SMILES string of the molecule is Cc1cc2cc(C(=O)O)c(O)cc2cc1C(=O)O. The number of aromatic carboxylic acids is 2. The normalized spacial score (nSPS) is 10.5. The number of carbonyl (C=O) groups is 2. The topological polar surface area (TPSA) is 94.8 Å². The zero-order valence-corrected chi connectivity index (χ0v) is 9.47. The van der Waals surface area contributed by atoms with E-state index in [9.17, 15) is 14.7 Å². The molecule has 0 spiro atoms. The highest BCUT2D eigenvalue weighted by atomic mass is 16.4. The molecule has 0 amide bonds. The molecule has 2 aromatic rings. The average Bonchev–Trinajstić information content (AvgIpc) is 2.27. The zero-order chi connectivity index (χ0) is 13.4. The van der Waals surface area contributed by atoms with Crippen molar-refractivity contribution in [2.75, 3.05) is 0 Å². The summed E-state index contributed by atoms with van der Waals surface area (Å²) < 4.78 is 0. The lowest BCUT2D eigenvalue weighted by molar-refractivity contribution is 0.0683. The molecule has 0 aliphatic carbocycles. The van der Waals surface area contributed by atoms with Crippen LogP contribution in [0.15, 0.2) is 24.3 Å². The Morgan fingerprint density at radius 3 is 1.94 bits per heavy atom. The standard InChI is InChI=1S/C13H10O5/c1-6-2-7-4-10(13(17)18)11(14)5-8(7)3-9(6)12(15)16/h2-5,14H,1H3,(H,15,16)(H,17,18). The first-order valence-corrected chi connectivity index (χ1v) is 5.14. The summed E-state index contributed by atoms with van der Waals surface area (Å²) in [5.74, 6) is -2.67. The van der Waals surface area contributed by atoms with Gasteiger partial charge in [0.2, 0.25) is 0 Å². The maximum atomic E-state index is 11.0. The van der Waals surface area contributed by atoms with E-state index in [0.717, 1.165) is 0 Å². The zero-order valence-electron chi connectivity index (χ0n) is 9.47. The molecule has 0 aliphatic heterocycles. The predicted octanol–water partition coefficient (Wildman–Crippen LogP) is 2.25. The highest BCUT2D eigenvalue weighted by Crippen LogP contribution is 2.27. The molecule has 2 aromatic carbocycles. The number of aryl methyl sites for hydroxylation is 1. The Balaban J connectivity index is 2.78. The predicted molar refractivity (Wildman–Crippen MR) is 64.3 cm³/mol. The number of carboxylic acid groups (broad SMARTS) is 2. The number of aromatic hydroxyl groups is 1.